The van der Waals surface area contributed by atoms with Gasteiger partial charge in [-0.25, -0.2) is 0 Å². The molecular weight excluding hydrogens is 256 g/mol. The van der Waals surface area contributed by atoms with Crippen molar-refractivity contribution >= 4 is 11.6 Å². The molecule has 1 nitrogen and oxygen atoms in total. The van der Waals surface area contributed by atoms with Crippen LogP contribution in [0.15, 0.2) is 6.07 Å². The third-order valence-corrected chi connectivity index (χ3v) is 3.47. The Bertz CT molecular complexity index is 480. The molecule has 0 aromatic heterocycles. The number of aryl methyl sites for hydroxylation is 1. The summed E-state index contributed by atoms with van der Waals surface area (Å²) in [6.45, 7) is 8.93. The Morgan fingerprint density at radius 1 is 1.16 bits per heavy atom. The number of halogens is 1. The number of ether oxygens (including phenoxy) is 1. The summed E-state index contributed by atoms with van der Waals surface area (Å²) >= 11 is 6.26. The molecule has 0 saturated carbocycles. The summed E-state index contributed by atoms with van der Waals surface area (Å²) in [4.78, 5) is 0. The number of hydrogen-bond acceptors (Lipinski definition) is 1. The summed E-state index contributed by atoms with van der Waals surface area (Å²) in [5.41, 5.74) is 3.43. The molecule has 0 saturated heterocycles. The summed E-state index contributed by atoms with van der Waals surface area (Å²) in [6.07, 6.45) is 3.86. The highest BCUT2D eigenvalue weighted by Gasteiger charge is 2.13. The van der Waals surface area contributed by atoms with Gasteiger partial charge in [-0.2, -0.15) is 0 Å². The van der Waals surface area contributed by atoms with Crippen molar-refractivity contribution in [3.8, 4) is 17.6 Å². The molecule has 1 aromatic carbocycles. The third-order valence-electron chi connectivity index (χ3n) is 3.08. The van der Waals surface area contributed by atoms with E-state index in [0.29, 0.717) is 6.61 Å². The Kier molecular flexibility index (Phi) is 6.81. The minimum Gasteiger partial charge on any atom is -0.493 e. The van der Waals surface area contributed by atoms with E-state index in [-0.39, 0.29) is 0 Å². The summed E-state index contributed by atoms with van der Waals surface area (Å²) < 4.78 is 5.77. The maximum Gasteiger partial charge on any atom is 0.125 e. The monoisotopic (exact) mass is 278 g/mol. The van der Waals surface area contributed by atoms with Gasteiger partial charge in [0.15, 0.2) is 0 Å². The summed E-state index contributed by atoms with van der Waals surface area (Å²) in [5, 5.41) is 0.817. The Labute approximate surface area is 122 Å². The van der Waals surface area contributed by atoms with Crippen LogP contribution in [0.3, 0.4) is 0 Å². The molecule has 0 heterocycles. The molecule has 104 valence electrons. The standard InChI is InChI=1S/C17H23ClO/c1-5-7-8-9-10-11-15-14(4)16(18)12-13(3)17(15)19-6-2/h12H,5-7,10-11H2,1-4H3. The molecule has 0 unspecified atom stereocenters. The fourth-order valence-electron chi connectivity index (χ4n) is 2.05. The minimum atomic E-state index is 0.677. The van der Waals surface area contributed by atoms with Gasteiger partial charge in [0.1, 0.15) is 5.75 Å². The summed E-state index contributed by atoms with van der Waals surface area (Å²) in [5.74, 6) is 7.39. The van der Waals surface area contributed by atoms with Gasteiger partial charge in [-0.15, -0.1) is 11.8 Å². The van der Waals surface area contributed by atoms with Crippen LogP contribution in [0.1, 0.15) is 49.8 Å². The number of rotatable bonds is 5. The van der Waals surface area contributed by atoms with Crippen LogP contribution in [0.2, 0.25) is 5.02 Å². The van der Waals surface area contributed by atoms with E-state index >= 15 is 0 Å². The van der Waals surface area contributed by atoms with Crippen molar-refractivity contribution in [3.63, 3.8) is 0 Å². The lowest BCUT2D eigenvalue weighted by molar-refractivity contribution is 0.334. The summed E-state index contributed by atoms with van der Waals surface area (Å²) in [6, 6.07) is 1.98. The van der Waals surface area contributed by atoms with Crippen molar-refractivity contribution in [2.75, 3.05) is 6.61 Å². The van der Waals surface area contributed by atoms with Gasteiger partial charge < -0.3 is 4.74 Å². The number of hydrogen-bond donors (Lipinski definition) is 0. The van der Waals surface area contributed by atoms with E-state index in [1.807, 2.05) is 19.9 Å². The average Bonchev–Trinajstić information content (AvgIpc) is 2.38. The van der Waals surface area contributed by atoms with Crippen LogP contribution in [-0.4, -0.2) is 6.61 Å². The van der Waals surface area contributed by atoms with E-state index in [1.165, 1.54) is 5.56 Å². The molecule has 0 N–H and O–H groups in total. The van der Waals surface area contributed by atoms with Crippen molar-refractivity contribution in [3.05, 3.63) is 27.8 Å². The molecule has 0 amide bonds. The molecule has 0 aliphatic heterocycles. The number of benzene rings is 1. The first-order chi connectivity index (χ1) is 9.11. The quantitative estimate of drug-likeness (QED) is 0.682. The molecule has 0 radical (unpaired) electrons. The van der Waals surface area contributed by atoms with E-state index in [2.05, 4.69) is 25.7 Å². The van der Waals surface area contributed by atoms with Crippen LogP contribution in [0, 0.1) is 25.7 Å². The van der Waals surface area contributed by atoms with Crippen LogP contribution in [0.4, 0.5) is 0 Å². The van der Waals surface area contributed by atoms with Crippen LogP contribution >= 0.6 is 11.6 Å². The van der Waals surface area contributed by atoms with Crippen molar-refractivity contribution in [2.45, 2.75) is 53.4 Å². The van der Waals surface area contributed by atoms with Gasteiger partial charge >= 0.3 is 0 Å². The molecule has 2 heteroatoms. The van der Waals surface area contributed by atoms with Crippen LogP contribution in [0.5, 0.6) is 5.75 Å². The van der Waals surface area contributed by atoms with E-state index < -0.39 is 0 Å². The molecular formula is C17H23ClO. The molecule has 0 aliphatic rings. The molecule has 0 bridgehead atoms. The maximum absolute atomic E-state index is 6.26. The zero-order valence-electron chi connectivity index (χ0n) is 12.4. The molecule has 0 fully saturated rings. The van der Waals surface area contributed by atoms with Crippen molar-refractivity contribution in [1.29, 1.82) is 0 Å². The van der Waals surface area contributed by atoms with Crippen molar-refractivity contribution in [2.24, 2.45) is 0 Å². The van der Waals surface area contributed by atoms with Gasteiger partial charge in [0.25, 0.3) is 0 Å². The zero-order valence-corrected chi connectivity index (χ0v) is 13.2. The first kappa shape index (κ1) is 15.9. The molecule has 19 heavy (non-hydrogen) atoms. The van der Waals surface area contributed by atoms with Crippen molar-refractivity contribution in [1.82, 2.24) is 0 Å². The largest absolute Gasteiger partial charge is 0.493 e. The third kappa shape index (κ3) is 4.48. The van der Waals surface area contributed by atoms with Crippen LogP contribution in [0.25, 0.3) is 0 Å². The first-order valence-electron chi connectivity index (χ1n) is 6.98. The number of unbranched alkanes of at least 4 members (excludes halogenated alkanes) is 1. The normalized spacial score (nSPS) is 9.95. The fourth-order valence-corrected chi connectivity index (χ4v) is 2.33. The highest BCUT2D eigenvalue weighted by Crippen LogP contribution is 2.33. The van der Waals surface area contributed by atoms with Crippen LogP contribution in [-0.2, 0) is 6.42 Å². The SMILES string of the molecule is CCCC#CCCc1c(C)c(Cl)cc(C)c1OCC. The molecule has 0 spiro atoms. The molecule has 1 rings (SSSR count). The highest BCUT2D eigenvalue weighted by atomic mass is 35.5. The zero-order chi connectivity index (χ0) is 14.3. The second kappa shape index (κ2) is 8.12. The second-order valence-corrected chi connectivity index (χ2v) is 5.05. The first-order valence-corrected chi connectivity index (χ1v) is 7.36. The van der Waals surface area contributed by atoms with E-state index in [9.17, 15) is 0 Å². The Hall–Kier alpha value is -1.13. The van der Waals surface area contributed by atoms with Crippen molar-refractivity contribution < 1.29 is 4.74 Å². The molecule has 0 atom stereocenters. The van der Waals surface area contributed by atoms with E-state index in [0.717, 1.165) is 47.6 Å². The topological polar surface area (TPSA) is 9.23 Å². The van der Waals surface area contributed by atoms with Gasteiger partial charge in [0, 0.05) is 17.9 Å². The Morgan fingerprint density at radius 3 is 2.47 bits per heavy atom. The van der Waals surface area contributed by atoms with Gasteiger partial charge in [-0.1, -0.05) is 18.5 Å². The Morgan fingerprint density at radius 2 is 1.84 bits per heavy atom. The molecule has 0 aliphatic carbocycles. The fraction of sp³-hybridized carbons (Fsp3) is 0.529. The smallest absolute Gasteiger partial charge is 0.125 e. The van der Waals surface area contributed by atoms with Gasteiger partial charge in [0.05, 0.1) is 6.61 Å². The summed E-state index contributed by atoms with van der Waals surface area (Å²) in [7, 11) is 0. The van der Waals surface area contributed by atoms with Gasteiger partial charge in [-0.05, 0) is 56.4 Å². The Balaban J connectivity index is 2.94. The lowest BCUT2D eigenvalue weighted by Gasteiger charge is -2.16. The highest BCUT2D eigenvalue weighted by molar-refractivity contribution is 6.31. The predicted molar refractivity (Wildman–Crippen MR) is 83.1 cm³/mol. The second-order valence-electron chi connectivity index (χ2n) is 4.64. The van der Waals surface area contributed by atoms with Crippen LogP contribution < -0.4 is 4.74 Å². The van der Waals surface area contributed by atoms with Gasteiger partial charge in [0.2, 0.25) is 0 Å². The predicted octanol–water partition coefficient (Wildman–Crippen LogP) is 5.09. The lowest BCUT2D eigenvalue weighted by atomic mass is 9.99. The molecule has 1 aromatic rings. The van der Waals surface area contributed by atoms with E-state index in [4.69, 9.17) is 16.3 Å². The lowest BCUT2D eigenvalue weighted by Crippen LogP contribution is -2.02. The van der Waals surface area contributed by atoms with E-state index in [1.54, 1.807) is 0 Å². The maximum atomic E-state index is 6.26. The minimum absolute atomic E-state index is 0.677. The average molecular weight is 279 g/mol. The van der Waals surface area contributed by atoms with Gasteiger partial charge in [-0.3, -0.25) is 0 Å².